The van der Waals surface area contributed by atoms with Gasteiger partial charge in [-0.05, 0) is 36.8 Å². The molecule has 0 saturated carbocycles. The fourth-order valence-electron chi connectivity index (χ4n) is 3.30. The number of sulfone groups is 1. The van der Waals surface area contributed by atoms with Crippen LogP contribution in [0.5, 0.6) is 5.75 Å². The molecule has 0 fully saturated rings. The minimum absolute atomic E-state index is 0.00432. The molecule has 0 aliphatic rings. The zero-order chi connectivity index (χ0) is 26.8. The van der Waals surface area contributed by atoms with Gasteiger partial charge in [0.05, 0.1) is 21.2 Å². The molecule has 0 unspecified atom stereocenters. The summed E-state index contributed by atoms with van der Waals surface area (Å²) < 4.78 is 57.6. The van der Waals surface area contributed by atoms with Crippen LogP contribution in [0, 0.1) is 10.1 Å². The highest BCUT2D eigenvalue weighted by Gasteiger charge is 2.21. The van der Waals surface area contributed by atoms with E-state index in [0.29, 0.717) is 6.42 Å². The highest BCUT2D eigenvalue weighted by molar-refractivity contribution is 7.90. The van der Waals surface area contributed by atoms with Gasteiger partial charge >= 0.3 is 0 Å². The number of benzene rings is 3. The van der Waals surface area contributed by atoms with Gasteiger partial charge in [-0.25, -0.2) is 8.42 Å². The average molecular weight is 537 g/mol. The predicted octanol–water partition coefficient (Wildman–Crippen LogP) is 4.26. The van der Waals surface area contributed by atoms with Crippen molar-refractivity contribution in [2.75, 3.05) is 11.6 Å². The van der Waals surface area contributed by atoms with Gasteiger partial charge in [-0.15, -0.1) is 10.2 Å². The van der Waals surface area contributed by atoms with E-state index in [0.717, 1.165) is 36.6 Å². The molecular formula is C21H20N4O9S2. The Morgan fingerprint density at radius 2 is 1.69 bits per heavy atom. The Balaban J connectivity index is 2.26. The number of phenolic OH excluding ortho intramolecular Hbond substituents is 1. The first-order valence-electron chi connectivity index (χ1n) is 10.2. The minimum atomic E-state index is -4.75. The number of non-ortho nitro benzene ring substituents is 1. The molecule has 0 atom stereocenters. The fourth-order valence-corrected chi connectivity index (χ4v) is 4.66. The molecule has 3 aromatic carbocycles. The normalized spacial score (nSPS) is 12.2. The van der Waals surface area contributed by atoms with E-state index in [2.05, 4.69) is 15.5 Å². The van der Waals surface area contributed by atoms with E-state index in [1.54, 1.807) is 6.92 Å². The average Bonchev–Trinajstić information content (AvgIpc) is 2.77. The summed E-state index contributed by atoms with van der Waals surface area (Å²) in [6.45, 7) is 1.76. The van der Waals surface area contributed by atoms with Crippen LogP contribution in [-0.2, 0) is 24.7 Å². The van der Waals surface area contributed by atoms with Crippen molar-refractivity contribution in [1.82, 2.24) is 0 Å². The number of nitro benzene ring substituents is 1. The monoisotopic (exact) mass is 536 g/mol. The first-order chi connectivity index (χ1) is 16.7. The van der Waals surface area contributed by atoms with E-state index in [9.17, 15) is 41.4 Å². The third-order valence-corrected chi connectivity index (χ3v) is 6.87. The number of carbonyl (C=O) groups excluding carboxylic acids is 1. The minimum Gasteiger partial charge on any atom is -0.507 e. The van der Waals surface area contributed by atoms with Crippen LogP contribution in [0.2, 0.25) is 0 Å². The van der Waals surface area contributed by atoms with Crippen molar-refractivity contribution in [3.63, 3.8) is 0 Å². The lowest BCUT2D eigenvalue weighted by Crippen LogP contribution is -2.12. The van der Waals surface area contributed by atoms with Crippen molar-refractivity contribution in [3.05, 3.63) is 52.6 Å². The topological polar surface area (TPSA) is 206 Å². The molecule has 0 radical (unpaired) electrons. The van der Waals surface area contributed by atoms with Crippen molar-refractivity contribution in [2.45, 2.75) is 29.6 Å². The molecule has 0 spiro atoms. The van der Waals surface area contributed by atoms with Crippen LogP contribution in [0.15, 0.2) is 62.5 Å². The molecule has 13 nitrogen and oxygen atoms in total. The largest absolute Gasteiger partial charge is 0.507 e. The second-order valence-corrected chi connectivity index (χ2v) is 11.1. The van der Waals surface area contributed by atoms with Crippen LogP contribution >= 0.6 is 0 Å². The number of fused-ring (bicyclic) bond motifs is 1. The first kappa shape index (κ1) is 26.7. The Morgan fingerprint density at radius 1 is 1.06 bits per heavy atom. The quantitative estimate of drug-likeness (QED) is 0.162. The third kappa shape index (κ3) is 5.81. The Bertz CT molecular complexity index is 1630. The van der Waals surface area contributed by atoms with E-state index in [-0.39, 0.29) is 40.0 Å². The number of azo groups is 1. The SMILES string of the molecule is CCCC(=O)Nc1cc(S(=O)(=O)O)cc2c(N=Nc3ccc([N+](=O)[O-])cc3S(C)(=O)=O)ccc(O)c12. The number of aromatic hydroxyl groups is 1. The predicted molar refractivity (Wildman–Crippen MR) is 129 cm³/mol. The van der Waals surface area contributed by atoms with Crippen molar-refractivity contribution in [1.29, 1.82) is 0 Å². The van der Waals surface area contributed by atoms with Gasteiger partial charge < -0.3 is 10.4 Å². The highest BCUT2D eigenvalue weighted by atomic mass is 32.2. The van der Waals surface area contributed by atoms with E-state index < -0.39 is 46.3 Å². The number of anilines is 1. The molecule has 0 heterocycles. The smallest absolute Gasteiger partial charge is 0.294 e. The summed E-state index contributed by atoms with van der Waals surface area (Å²) in [4.78, 5) is 21.4. The van der Waals surface area contributed by atoms with Crippen molar-refractivity contribution >= 4 is 59.4 Å². The summed E-state index contributed by atoms with van der Waals surface area (Å²) >= 11 is 0. The van der Waals surface area contributed by atoms with Crippen molar-refractivity contribution < 1.29 is 36.2 Å². The number of hydrogen-bond donors (Lipinski definition) is 3. The number of nitro groups is 1. The third-order valence-electron chi connectivity index (χ3n) is 4.91. The second-order valence-electron chi connectivity index (χ2n) is 7.65. The van der Waals surface area contributed by atoms with Crippen LogP contribution in [0.4, 0.5) is 22.7 Å². The van der Waals surface area contributed by atoms with Gasteiger partial charge in [0.1, 0.15) is 16.3 Å². The number of rotatable bonds is 8. The second kappa shape index (κ2) is 9.96. The maximum Gasteiger partial charge on any atom is 0.294 e. The number of nitrogens with zero attached hydrogens (tertiary/aromatic N) is 3. The summed E-state index contributed by atoms with van der Waals surface area (Å²) in [6.07, 6.45) is 1.43. The Hall–Kier alpha value is -3.95. The van der Waals surface area contributed by atoms with Crippen LogP contribution in [0.3, 0.4) is 0 Å². The fraction of sp³-hybridized carbons (Fsp3) is 0.190. The summed E-state index contributed by atoms with van der Waals surface area (Å²) in [7, 11) is -8.70. The van der Waals surface area contributed by atoms with Crippen molar-refractivity contribution in [3.8, 4) is 5.75 Å². The van der Waals surface area contributed by atoms with Crippen LogP contribution in [0.25, 0.3) is 10.8 Å². The lowest BCUT2D eigenvalue weighted by atomic mass is 10.1. The molecule has 36 heavy (non-hydrogen) atoms. The summed E-state index contributed by atoms with van der Waals surface area (Å²) in [5.41, 5.74) is -0.876. The van der Waals surface area contributed by atoms with Crippen LogP contribution < -0.4 is 5.32 Å². The summed E-state index contributed by atoms with van der Waals surface area (Å²) in [6, 6.07) is 7.38. The molecule has 0 aromatic heterocycles. The van der Waals surface area contributed by atoms with E-state index in [4.69, 9.17) is 0 Å². The molecule has 0 saturated heterocycles. The van der Waals surface area contributed by atoms with Crippen LogP contribution in [-0.4, -0.2) is 43.6 Å². The van der Waals surface area contributed by atoms with Gasteiger partial charge in [0.2, 0.25) is 5.91 Å². The Morgan fingerprint density at radius 3 is 2.28 bits per heavy atom. The van der Waals surface area contributed by atoms with E-state index >= 15 is 0 Å². The van der Waals surface area contributed by atoms with Gasteiger partial charge in [-0.2, -0.15) is 8.42 Å². The number of amides is 1. The summed E-state index contributed by atoms with van der Waals surface area (Å²) in [5, 5.41) is 31.8. The molecule has 0 aliphatic carbocycles. The Kier molecular flexibility index (Phi) is 7.38. The lowest BCUT2D eigenvalue weighted by Gasteiger charge is -2.13. The Labute approximate surface area is 205 Å². The molecule has 3 aromatic rings. The lowest BCUT2D eigenvalue weighted by molar-refractivity contribution is -0.385. The van der Waals surface area contributed by atoms with E-state index in [1.165, 1.54) is 12.1 Å². The molecule has 190 valence electrons. The zero-order valence-corrected chi connectivity index (χ0v) is 20.5. The molecule has 0 aliphatic heterocycles. The molecular weight excluding hydrogens is 516 g/mol. The maximum absolute atomic E-state index is 12.2. The van der Waals surface area contributed by atoms with Gasteiger partial charge in [0.25, 0.3) is 15.8 Å². The number of nitrogens with one attached hydrogen (secondary N) is 1. The molecule has 0 bridgehead atoms. The van der Waals surface area contributed by atoms with Crippen LogP contribution in [0.1, 0.15) is 19.8 Å². The molecule has 3 rings (SSSR count). The van der Waals surface area contributed by atoms with Crippen molar-refractivity contribution in [2.24, 2.45) is 10.2 Å². The number of hydrogen-bond acceptors (Lipinski definition) is 10. The summed E-state index contributed by atoms with van der Waals surface area (Å²) in [5.74, 6) is -0.814. The van der Waals surface area contributed by atoms with E-state index in [1.807, 2.05) is 0 Å². The standard InChI is InChI=1S/C21H20N4O9S2/c1-3-4-20(27)22-17-11-13(36(32,33)34)10-14-15(7-8-18(26)21(14)17)23-24-16-6-5-12(25(28)29)9-19(16)35(2,30)31/h5-11,26H,3-4H2,1-2H3,(H,22,27)(H,32,33,34). The molecule has 15 heteroatoms. The first-order valence-corrected chi connectivity index (χ1v) is 13.5. The molecule has 3 N–H and O–H groups in total. The van der Waals surface area contributed by atoms with Gasteiger partial charge in [-0.3, -0.25) is 19.5 Å². The number of carbonyl (C=O) groups is 1. The number of phenols is 1. The highest BCUT2D eigenvalue weighted by Crippen LogP contribution is 2.40. The van der Waals surface area contributed by atoms with Gasteiger partial charge in [-0.1, -0.05) is 6.92 Å². The maximum atomic E-state index is 12.2. The van der Waals surface area contributed by atoms with Gasteiger partial charge in [0, 0.05) is 35.6 Å². The molecule has 1 amide bonds. The zero-order valence-electron chi connectivity index (χ0n) is 18.9. The van der Waals surface area contributed by atoms with Gasteiger partial charge in [0.15, 0.2) is 9.84 Å².